The Bertz CT molecular complexity index is 1440. The van der Waals surface area contributed by atoms with Crippen LogP contribution in [-0.4, -0.2) is 53.4 Å². The van der Waals surface area contributed by atoms with Crippen LogP contribution < -0.4 is 15.0 Å². The Labute approximate surface area is 237 Å². The molecule has 1 aliphatic heterocycles. The molecule has 1 aliphatic rings. The van der Waals surface area contributed by atoms with Gasteiger partial charge in [-0.15, -0.1) is 0 Å². The summed E-state index contributed by atoms with van der Waals surface area (Å²) in [6, 6.07) is 13.5. The standard InChI is InChI=1S/C32H39N5O3/c1-8-36-12-14-37(15-13-36)27-11-10-22(3)29(20-27)31(38)33-23(4)24-16-25(18-28(17-24)40-9-2)26-19-30(35(7)21-26)32(39)34(5)6/h10-21,23H,8-9H2,1-7H3,(H,33,38)/t23-/m1/s1. The van der Waals surface area contributed by atoms with Gasteiger partial charge in [-0.05, 0) is 80.8 Å². The highest BCUT2D eigenvalue weighted by Crippen LogP contribution is 2.31. The van der Waals surface area contributed by atoms with E-state index in [1.165, 1.54) is 0 Å². The predicted octanol–water partition coefficient (Wildman–Crippen LogP) is 5.68. The van der Waals surface area contributed by atoms with Crippen molar-refractivity contribution in [2.75, 3.05) is 32.1 Å². The number of anilines is 1. The molecular weight excluding hydrogens is 502 g/mol. The molecule has 0 saturated carbocycles. The summed E-state index contributed by atoms with van der Waals surface area (Å²) in [5.74, 6) is 0.503. The zero-order valence-electron chi connectivity index (χ0n) is 24.4. The van der Waals surface area contributed by atoms with Gasteiger partial charge in [0.25, 0.3) is 11.8 Å². The van der Waals surface area contributed by atoms with E-state index in [9.17, 15) is 9.59 Å². The molecule has 210 valence electrons. The highest BCUT2D eigenvalue weighted by molar-refractivity contribution is 5.97. The van der Waals surface area contributed by atoms with Crippen molar-refractivity contribution in [2.24, 2.45) is 7.05 Å². The number of nitrogens with zero attached hydrogens (tertiary/aromatic N) is 4. The van der Waals surface area contributed by atoms with E-state index in [4.69, 9.17) is 4.74 Å². The van der Waals surface area contributed by atoms with Crippen LogP contribution in [0.2, 0.25) is 0 Å². The van der Waals surface area contributed by atoms with Crippen LogP contribution in [0.3, 0.4) is 0 Å². The Kier molecular flexibility index (Phi) is 8.67. The molecule has 1 atom stereocenters. The molecule has 0 spiro atoms. The monoisotopic (exact) mass is 541 g/mol. The number of rotatable bonds is 9. The lowest BCUT2D eigenvalue weighted by Gasteiger charge is -2.25. The van der Waals surface area contributed by atoms with Crippen LogP contribution in [0.4, 0.5) is 5.69 Å². The van der Waals surface area contributed by atoms with E-state index in [0.29, 0.717) is 23.6 Å². The zero-order valence-corrected chi connectivity index (χ0v) is 24.4. The molecule has 0 saturated heterocycles. The number of nitrogens with one attached hydrogen (secondary N) is 1. The fraction of sp³-hybridized carbons (Fsp3) is 0.312. The lowest BCUT2D eigenvalue weighted by molar-refractivity contribution is 0.0818. The fourth-order valence-corrected chi connectivity index (χ4v) is 4.62. The number of ether oxygens (including phenoxy) is 1. The molecule has 0 aliphatic carbocycles. The summed E-state index contributed by atoms with van der Waals surface area (Å²) in [7, 11) is 5.34. The lowest BCUT2D eigenvalue weighted by Crippen LogP contribution is -2.27. The van der Waals surface area contributed by atoms with Crippen molar-refractivity contribution in [2.45, 2.75) is 33.7 Å². The third kappa shape index (κ3) is 6.22. The molecule has 8 nitrogen and oxygen atoms in total. The smallest absolute Gasteiger partial charge is 0.269 e. The number of benzene rings is 2. The maximum absolute atomic E-state index is 13.5. The molecule has 2 heterocycles. The van der Waals surface area contributed by atoms with Gasteiger partial charge in [-0.1, -0.05) is 6.07 Å². The number of aryl methyl sites for hydroxylation is 2. The van der Waals surface area contributed by atoms with E-state index in [1.807, 2.05) is 111 Å². The minimum absolute atomic E-state index is 0.0635. The van der Waals surface area contributed by atoms with E-state index >= 15 is 0 Å². The zero-order chi connectivity index (χ0) is 29.0. The van der Waals surface area contributed by atoms with Crippen LogP contribution in [0.15, 0.2) is 73.5 Å². The highest BCUT2D eigenvalue weighted by atomic mass is 16.5. The predicted molar refractivity (Wildman–Crippen MR) is 160 cm³/mol. The number of hydrogen-bond acceptors (Lipinski definition) is 5. The maximum atomic E-state index is 13.5. The molecule has 0 unspecified atom stereocenters. The van der Waals surface area contributed by atoms with Gasteiger partial charge in [-0.25, -0.2) is 0 Å². The van der Waals surface area contributed by atoms with Crippen molar-refractivity contribution in [3.8, 4) is 16.9 Å². The average molecular weight is 542 g/mol. The summed E-state index contributed by atoms with van der Waals surface area (Å²) in [6.45, 7) is 9.36. The quantitative estimate of drug-likeness (QED) is 0.378. The SMILES string of the molecule is CCOc1cc(-c2cc(C(=O)N(C)C)n(C)c2)cc([C@@H](C)NC(=O)c2cc(N3C=CN(CC)C=C3)ccc2C)c1. The van der Waals surface area contributed by atoms with Crippen molar-refractivity contribution in [3.05, 3.63) is 95.8 Å². The van der Waals surface area contributed by atoms with Crippen molar-refractivity contribution < 1.29 is 14.3 Å². The Morgan fingerprint density at radius 1 is 0.975 bits per heavy atom. The van der Waals surface area contributed by atoms with Gasteiger partial charge in [0.1, 0.15) is 11.4 Å². The van der Waals surface area contributed by atoms with Crippen LogP contribution in [0.25, 0.3) is 11.1 Å². The first-order valence-electron chi connectivity index (χ1n) is 13.6. The minimum atomic E-state index is -0.283. The maximum Gasteiger partial charge on any atom is 0.269 e. The van der Waals surface area contributed by atoms with Crippen LogP contribution >= 0.6 is 0 Å². The van der Waals surface area contributed by atoms with E-state index in [0.717, 1.165) is 34.5 Å². The van der Waals surface area contributed by atoms with Gasteiger partial charge < -0.3 is 29.3 Å². The largest absolute Gasteiger partial charge is 0.494 e. The molecule has 0 radical (unpaired) electrons. The van der Waals surface area contributed by atoms with Crippen LogP contribution in [0.5, 0.6) is 5.75 Å². The number of carbonyl (C=O) groups excluding carboxylic acids is 2. The molecule has 1 aromatic heterocycles. The van der Waals surface area contributed by atoms with Crippen LogP contribution in [0.1, 0.15) is 58.8 Å². The number of carbonyl (C=O) groups is 2. The van der Waals surface area contributed by atoms with E-state index in [-0.39, 0.29) is 17.9 Å². The van der Waals surface area contributed by atoms with Crippen molar-refractivity contribution in [1.82, 2.24) is 19.7 Å². The molecule has 1 N–H and O–H groups in total. The third-order valence-corrected chi connectivity index (χ3v) is 7.02. The van der Waals surface area contributed by atoms with E-state index in [2.05, 4.69) is 17.1 Å². The molecule has 0 bridgehead atoms. The third-order valence-electron chi connectivity index (χ3n) is 7.02. The Balaban J connectivity index is 1.59. The van der Waals surface area contributed by atoms with E-state index in [1.54, 1.807) is 19.0 Å². The first-order valence-corrected chi connectivity index (χ1v) is 13.6. The topological polar surface area (TPSA) is 70.0 Å². The Hall–Kier alpha value is -4.46. The Morgan fingerprint density at radius 2 is 1.70 bits per heavy atom. The van der Waals surface area contributed by atoms with Gasteiger partial charge in [0.05, 0.1) is 12.6 Å². The van der Waals surface area contributed by atoms with Crippen molar-refractivity contribution in [3.63, 3.8) is 0 Å². The normalized spacial score (nSPS) is 13.4. The molecule has 2 amide bonds. The summed E-state index contributed by atoms with van der Waals surface area (Å²) in [5.41, 5.74) is 5.77. The second-order valence-corrected chi connectivity index (χ2v) is 10.2. The first-order chi connectivity index (χ1) is 19.1. The van der Waals surface area contributed by atoms with Crippen LogP contribution in [-0.2, 0) is 7.05 Å². The summed E-state index contributed by atoms with van der Waals surface area (Å²) >= 11 is 0. The van der Waals surface area contributed by atoms with E-state index < -0.39 is 0 Å². The van der Waals surface area contributed by atoms with Gasteiger partial charge in [0.15, 0.2) is 0 Å². The molecule has 2 aromatic carbocycles. The molecule has 3 aromatic rings. The van der Waals surface area contributed by atoms with Gasteiger partial charge in [0, 0.05) is 75.5 Å². The molecule has 4 rings (SSSR count). The van der Waals surface area contributed by atoms with Gasteiger partial charge in [0.2, 0.25) is 0 Å². The number of aromatic nitrogens is 1. The average Bonchev–Trinajstić information content (AvgIpc) is 3.34. The summed E-state index contributed by atoms with van der Waals surface area (Å²) < 4.78 is 7.70. The molecule has 40 heavy (non-hydrogen) atoms. The summed E-state index contributed by atoms with van der Waals surface area (Å²) in [5, 5.41) is 3.17. The Morgan fingerprint density at radius 3 is 2.35 bits per heavy atom. The first kappa shape index (κ1) is 28.5. The molecular formula is C32H39N5O3. The minimum Gasteiger partial charge on any atom is -0.494 e. The second kappa shape index (κ2) is 12.2. The lowest BCUT2D eigenvalue weighted by atomic mass is 10.00. The molecule has 8 heteroatoms. The van der Waals surface area contributed by atoms with Gasteiger partial charge in [-0.2, -0.15) is 0 Å². The van der Waals surface area contributed by atoms with Gasteiger partial charge >= 0.3 is 0 Å². The fourth-order valence-electron chi connectivity index (χ4n) is 4.62. The van der Waals surface area contributed by atoms with Crippen LogP contribution in [0, 0.1) is 6.92 Å². The summed E-state index contributed by atoms with van der Waals surface area (Å²) in [6.07, 6.45) is 9.93. The second-order valence-electron chi connectivity index (χ2n) is 10.2. The number of hydrogen-bond donors (Lipinski definition) is 1. The molecule has 0 fully saturated rings. The summed E-state index contributed by atoms with van der Waals surface area (Å²) in [4.78, 5) is 31.7. The highest BCUT2D eigenvalue weighted by Gasteiger charge is 2.19. The van der Waals surface area contributed by atoms with Crippen molar-refractivity contribution in [1.29, 1.82) is 0 Å². The van der Waals surface area contributed by atoms with Gasteiger partial charge in [-0.3, -0.25) is 9.59 Å². The number of amides is 2. The van der Waals surface area contributed by atoms with Crippen molar-refractivity contribution >= 4 is 17.5 Å².